The number of amides is 5. The molecule has 0 radical (unpaired) electrons. The van der Waals surface area contributed by atoms with Crippen molar-refractivity contribution in [3.63, 3.8) is 0 Å². The SMILES string of the molecule is CC1(C)S[C@@H]2C(NC(=O)C(NC(=O)NC(=O)c3ccco3)c3ccccc3)C(=O)N2C1c1nn[nH]n1. The molecule has 0 bridgehead atoms. The zero-order chi connectivity index (χ0) is 25.4. The van der Waals surface area contributed by atoms with Gasteiger partial charge in [-0.25, -0.2) is 4.79 Å². The van der Waals surface area contributed by atoms with Crippen LogP contribution in [0.3, 0.4) is 0 Å². The van der Waals surface area contributed by atoms with Crippen LogP contribution in [0.15, 0.2) is 53.1 Å². The van der Waals surface area contributed by atoms with Gasteiger partial charge in [-0.3, -0.25) is 19.7 Å². The quantitative estimate of drug-likeness (QED) is 0.351. The third-order valence-electron chi connectivity index (χ3n) is 5.99. The van der Waals surface area contributed by atoms with Crippen LogP contribution in [0.1, 0.15) is 47.9 Å². The van der Waals surface area contributed by atoms with E-state index >= 15 is 0 Å². The van der Waals surface area contributed by atoms with Crippen molar-refractivity contribution in [3.8, 4) is 0 Å². The molecule has 3 aromatic rings. The van der Waals surface area contributed by atoms with Gasteiger partial charge in [-0.05, 0) is 31.5 Å². The maximum Gasteiger partial charge on any atom is 0.322 e. The van der Waals surface area contributed by atoms with Gasteiger partial charge in [-0.1, -0.05) is 35.5 Å². The molecule has 2 aromatic heterocycles. The second-order valence-electron chi connectivity index (χ2n) is 8.76. The van der Waals surface area contributed by atoms with Gasteiger partial charge in [0.2, 0.25) is 11.8 Å². The molecule has 2 aliphatic heterocycles. The minimum Gasteiger partial charge on any atom is -0.459 e. The van der Waals surface area contributed by atoms with E-state index in [4.69, 9.17) is 4.42 Å². The Labute approximate surface area is 208 Å². The van der Waals surface area contributed by atoms with Crippen LogP contribution in [-0.4, -0.2) is 65.4 Å². The number of carbonyl (C=O) groups is 4. The summed E-state index contributed by atoms with van der Waals surface area (Å²) in [5.41, 5.74) is 0.475. The Morgan fingerprint density at radius 3 is 2.61 bits per heavy atom. The summed E-state index contributed by atoms with van der Waals surface area (Å²) < 4.78 is 4.56. The summed E-state index contributed by atoms with van der Waals surface area (Å²) >= 11 is 1.52. The minimum absolute atomic E-state index is 0.0527. The number of imide groups is 1. The number of thioether (sulfide) groups is 1. The number of aromatic nitrogens is 4. The minimum atomic E-state index is -1.16. The van der Waals surface area contributed by atoms with Crippen LogP contribution in [0, 0.1) is 0 Å². The highest BCUT2D eigenvalue weighted by Crippen LogP contribution is 2.56. The van der Waals surface area contributed by atoms with E-state index in [1.807, 2.05) is 13.8 Å². The summed E-state index contributed by atoms with van der Waals surface area (Å²) in [7, 11) is 0. The van der Waals surface area contributed by atoms with E-state index in [1.54, 1.807) is 35.2 Å². The van der Waals surface area contributed by atoms with E-state index in [1.165, 1.54) is 30.2 Å². The monoisotopic (exact) mass is 510 g/mol. The van der Waals surface area contributed by atoms with Gasteiger partial charge in [-0.2, -0.15) is 5.21 Å². The van der Waals surface area contributed by atoms with Gasteiger partial charge in [0, 0.05) is 4.75 Å². The first-order valence-electron chi connectivity index (χ1n) is 11.0. The van der Waals surface area contributed by atoms with Gasteiger partial charge >= 0.3 is 6.03 Å². The van der Waals surface area contributed by atoms with E-state index in [0.717, 1.165) is 0 Å². The van der Waals surface area contributed by atoms with Gasteiger partial charge in [0.05, 0.1) is 6.26 Å². The number of hydrogen-bond donors (Lipinski definition) is 4. The zero-order valence-electron chi connectivity index (χ0n) is 19.2. The third kappa shape index (κ3) is 4.19. The van der Waals surface area contributed by atoms with Crippen LogP contribution < -0.4 is 16.0 Å². The number of carbonyl (C=O) groups excluding carboxylic acids is 4. The molecule has 5 amide bonds. The molecular formula is C22H22N8O5S. The number of rotatable bonds is 6. The third-order valence-corrected chi connectivity index (χ3v) is 7.56. The van der Waals surface area contributed by atoms with Gasteiger partial charge < -0.3 is 20.0 Å². The molecule has 1 aromatic carbocycles. The van der Waals surface area contributed by atoms with Crippen LogP contribution >= 0.6 is 11.8 Å². The Bertz CT molecular complexity index is 1280. The van der Waals surface area contributed by atoms with Crippen molar-refractivity contribution in [1.29, 1.82) is 0 Å². The average molecular weight is 511 g/mol. The molecule has 4 N–H and O–H groups in total. The van der Waals surface area contributed by atoms with Gasteiger partial charge in [0.1, 0.15) is 23.5 Å². The lowest BCUT2D eigenvalue weighted by atomic mass is 9.95. The lowest BCUT2D eigenvalue weighted by Gasteiger charge is -2.44. The zero-order valence-corrected chi connectivity index (χ0v) is 20.0. The summed E-state index contributed by atoms with van der Waals surface area (Å²) in [6.07, 6.45) is 1.30. The van der Waals surface area contributed by atoms with E-state index in [-0.39, 0.29) is 17.0 Å². The molecule has 36 heavy (non-hydrogen) atoms. The molecular weight excluding hydrogens is 488 g/mol. The maximum absolute atomic E-state index is 13.3. The molecule has 3 unspecified atom stereocenters. The fourth-order valence-electron chi connectivity index (χ4n) is 4.37. The molecule has 0 aliphatic carbocycles. The number of urea groups is 1. The first kappa shape index (κ1) is 23.5. The lowest BCUT2D eigenvalue weighted by molar-refractivity contribution is -0.152. The number of nitrogens with zero attached hydrogens (tertiary/aromatic N) is 4. The second-order valence-corrected chi connectivity index (χ2v) is 10.5. The van der Waals surface area contributed by atoms with Crippen molar-refractivity contribution in [2.24, 2.45) is 0 Å². The molecule has 186 valence electrons. The molecule has 2 saturated heterocycles. The first-order valence-corrected chi connectivity index (χ1v) is 11.9. The first-order chi connectivity index (χ1) is 17.3. The molecule has 4 atom stereocenters. The fourth-order valence-corrected chi connectivity index (χ4v) is 6.00. The maximum atomic E-state index is 13.3. The Balaban J connectivity index is 1.30. The Morgan fingerprint density at radius 2 is 1.94 bits per heavy atom. The second kappa shape index (κ2) is 9.11. The summed E-state index contributed by atoms with van der Waals surface area (Å²) in [5, 5.41) is 21.2. The number of hydrogen-bond acceptors (Lipinski definition) is 9. The summed E-state index contributed by atoms with van der Waals surface area (Å²) in [6.45, 7) is 3.94. The number of nitrogens with one attached hydrogen (secondary N) is 4. The number of furan rings is 1. The van der Waals surface area contributed by atoms with E-state index in [9.17, 15) is 19.2 Å². The predicted octanol–water partition coefficient (Wildman–Crippen LogP) is 0.893. The molecule has 0 saturated carbocycles. The van der Waals surface area contributed by atoms with Crippen molar-refractivity contribution in [1.82, 2.24) is 41.5 Å². The Kier molecular flexibility index (Phi) is 5.96. The Hall–Kier alpha value is -4.20. The number of β-lactam (4-membered cyclic amide) rings is 1. The molecule has 2 aliphatic rings. The highest BCUT2D eigenvalue weighted by atomic mass is 32.2. The average Bonchev–Trinajstić information content (AvgIpc) is 3.61. The van der Waals surface area contributed by atoms with E-state index < -0.39 is 40.7 Å². The number of tetrazole rings is 1. The smallest absolute Gasteiger partial charge is 0.322 e. The topological polar surface area (TPSA) is 175 Å². The highest BCUT2D eigenvalue weighted by molar-refractivity contribution is 8.01. The van der Waals surface area contributed by atoms with Crippen molar-refractivity contribution >= 4 is 35.5 Å². The molecule has 14 heteroatoms. The molecule has 2 fully saturated rings. The molecule has 4 heterocycles. The Morgan fingerprint density at radius 1 is 1.17 bits per heavy atom. The highest BCUT2D eigenvalue weighted by Gasteiger charge is 2.63. The van der Waals surface area contributed by atoms with Crippen LogP contribution in [0.5, 0.6) is 0 Å². The number of H-pyrrole nitrogens is 1. The van der Waals surface area contributed by atoms with Crippen molar-refractivity contribution in [3.05, 3.63) is 65.9 Å². The summed E-state index contributed by atoms with van der Waals surface area (Å²) in [6, 6.07) is 8.16. The predicted molar refractivity (Wildman–Crippen MR) is 125 cm³/mol. The summed E-state index contributed by atoms with van der Waals surface area (Å²) in [4.78, 5) is 52.8. The molecule has 5 rings (SSSR count). The fraction of sp³-hybridized carbons (Fsp3) is 0.318. The van der Waals surface area contributed by atoms with Gasteiger partial charge in [0.15, 0.2) is 11.6 Å². The van der Waals surface area contributed by atoms with Crippen molar-refractivity contribution < 1.29 is 23.6 Å². The lowest BCUT2D eigenvalue weighted by Crippen LogP contribution is -2.68. The largest absolute Gasteiger partial charge is 0.459 e. The normalized spacial score (nSPS) is 22.8. The van der Waals surface area contributed by atoms with Crippen LogP contribution in [-0.2, 0) is 9.59 Å². The summed E-state index contributed by atoms with van der Waals surface area (Å²) in [5.74, 6) is -1.30. The number of benzene rings is 1. The van der Waals surface area contributed by atoms with E-state index in [0.29, 0.717) is 11.4 Å². The van der Waals surface area contributed by atoms with Gasteiger partial charge in [0.25, 0.3) is 5.91 Å². The number of fused-ring (bicyclic) bond motifs is 1. The molecule has 13 nitrogen and oxygen atoms in total. The van der Waals surface area contributed by atoms with Crippen LogP contribution in [0.4, 0.5) is 4.79 Å². The standard InChI is InChI=1S/C22H22N8O5S/c1-22(2)15(16-26-28-29-27-16)30-19(33)14(20(30)36-22)23-18(32)13(11-7-4-3-5-8-11)24-21(34)25-17(31)12-9-6-10-35-12/h3-10,13-15,20H,1-2H3,(H,23,32)(H2,24,25,31,34)(H,26,27,28,29)/t13?,14?,15?,20-/m1/s1. The van der Waals surface area contributed by atoms with Gasteiger partial charge in [-0.15, -0.1) is 22.0 Å². The van der Waals surface area contributed by atoms with E-state index in [2.05, 4.69) is 36.6 Å². The van der Waals surface area contributed by atoms with Crippen molar-refractivity contribution in [2.45, 2.75) is 42.1 Å². The van der Waals surface area contributed by atoms with Crippen molar-refractivity contribution in [2.75, 3.05) is 0 Å². The number of aromatic amines is 1. The molecule has 0 spiro atoms. The van der Waals surface area contributed by atoms with Crippen LogP contribution in [0.2, 0.25) is 0 Å². The van der Waals surface area contributed by atoms with Crippen LogP contribution in [0.25, 0.3) is 0 Å².